The van der Waals surface area contributed by atoms with Crippen LogP contribution in [0.2, 0.25) is 0 Å². The van der Waals surface area contributed by atoms with Gasteiger partial charge in [-0.15, -0.1) is 5.10 Å². The van der Waals surface area contributed by atoms with Gasteiger partial charge in [0.05, 0.1) is 37.2 Å². The van der Waals surface area contributed by atoms with E-state index in [2.05, 4.69) is 28.9 Å². The maximum atomic E-state index is 6.23. The zero-order chi connectivity index (χ0) is 18.4. The average Bonchev–Trinajstić information content (AvgIpc) is 2.61. The Morgan fingerprint density at radius 3 is 2.58 bits per heavy atom. The Morgan fingerprint density at radius 2 is 1.88 bits per heavy atom. The topological polar surface area (TPSA) is 65.9 Å². The number of aromatic nitrogens is 2. The van der Waals surface area contributed by atoms with Gasteiger partial charge in [0.15, 0.2) is 5.82 Å². The summed E-state index contributed by atoms with van der Waals surface area (Å²) in [7, 11) is 1.66. The Hall–Kier alpha value is -1.44. The van der Waals surface area contributed by atoms with E-state index in [9.17, 15) is 0 Å². The van der Waals surface area contributed by atoms with Gasteiger partial charge >= 0.3 is 0 Å². The van der Waals surface area contributed by atoms with Gasteiger partial charge in [-0.05, 0) is 39.5 Å². The fraction of sp³-hybridized carbons (Fsp3) is 0.789. The average molecular weight is 365 g/mol. The van der Waals surface area contributed by atoms with Crippen LogP contribution in [0.25, 0.3) is 0 Å². The monoisotopic (exact) mass is 365 g/mol. The Labute approximate surface area is 156 Å². The Morgan fingerprint density at radius 1 is 1.12 bits per heavy atom. The Balaban J connectivity index is 1.39. The Kier molecular flexibility index (Phi) is 7.05. The highest BCUT2D eigenvalue weighted by Crippen LogP contribution is 2.31. The van der Waals surface area contributed by atoms with E-state index in [4.69, 9.17) is 18.9 Å². The number of methoxy groups -OCH3 is 1. The van der Waals surface area contributed by atoms with Crippen molar-refractivity contribution in [3.63, 3.8) is 0 Å². The highest BCUT2D eigenvalue weighted by atomic mass is 16.5. The van der Waals surface area contributed by atoms with Crippen molar-refractivity contribution >= 4 is 5.82 Å². The molecular formula is C19H31N3O4. The number of ether oxygens (including phenoxy) is 4. The van der Waals surface area contributed by atoms with E-state index in [-0.39, 0.29) is 0 Å². The minimum absolute atomic E-state index is 0.305. The first kappa shape index (κ1) is 19.3. The molecule has 0 spiro atoms. The molecule has 0 bridgehead atoms. The predicted molar refractivity (Wildman–Crippen MR) is 98.8 cm³/mol. The standard InChI is InChI=1S/C19H31N3O4/c1-14(2)25-16-10-17(11-16)26-15-4-6-22(7-5-15)19-12-18(13-20-21-19)24-9-8-23-3/h12-17H,4-11H2,1-3H3. The molecule has 1 saturated carbocycles. The van der Waals surface area contributed by atoms with Gasteiger partial charge < -0.3 is 23.8 Å². The van der Waals surface area contributed by atoms with Crippen molar-refractivity contribution in [1.82, 2.24) is 10.2 Å². The van der Waals surface area contributed by atoms with Crippen LogP contribution in [0.1, 0.15) is 39.5 Å². The van der Waals surface area contributed by atoms with E-state index in [1.165, 1.54) is 0 Å². The highest BCUT2D eigenvalue weighted by molar-refractivity contribution is 5.42. The molecule has 0 aromatic carbocycles. The first-order valence-electron chi connectivity index (χ1n) is 9.64. The fourth-order valence-corrected chi connectivity index (χ4v) is 3.43. The first-order valence-corrected chi connectivity index (χ1v) is 9.64. The summed E-state index contributed by atoms with van der Waals surface area (Å²) in [5.74, 6) is 1.60. The third-order valence-electron chi connectivity index (χ3n) is 4.84. The summed E-state index contributed by atoms with van der Waals surface area (Å²) in [5.41, 5.74) is 0. The van der Waals surface area contributed by atoms with Crippen LogP contribution in [0.4, 0.5) is 5.82 Å². The van der Waals surface area contributed by atoms with E-state index in [1.807, 2.05) is 6.07 Å². The lowest BCUT2D eigenvalue weighted by atomic mass is 9.91. The summed E-state index contributed by atoms with van der Waals surface area (Å²) in [6.07, 6.45) is 7.14. The number of anilines is 1. The first-order chi connectivity index (χ1) is 12.6. The molecule has 3 rings (SSSR count). The maximum Gasteiger partial charge on any atom is 0.154 e. The third kappa shape index (κ3) is 5.53. The molecule has 7 heteroatoms. The van der Waals surface area contributed by atoms with Gasteiger partial charge in [-0.25, -0.2) is 0 Å². The van der Waals surface area contributed by atoms with Crippen LogP contribution in [-0.4, -0.2) is 68.0 Å². The number of nitrogens with zero attached hydrogens (tertiary/aromatic N) is 3. The molecule has 26 heavy (non-hydrogen) atoms. The smallest absolute Gasteiger partial charge is 0.154 e. The molecule has 2 heterocycles. The van der Waals surface area contributed by atoms with Crippen LogP contribution in [0.5, 0.6) is 5.75 Å². The lowest BCUT2D eigenvalue weighted by Crippen LogP contribution is -2.44. The number of rotatable bonds is 9. The normalized spacial score (nSPS) is 23.9. The van der Waals surface area contributed by atoms with Gasteiger partial charge in [-0.2, -0.15) is 5.10 Å². The second-order valence-electron chi connectivity index (χ2n) is 7.31. The Bertz CT molecular complexity index is 543. The summed E-state index contributed by atoms with van der Waals surface area (Å²) < 4.78 is 22.7. The molecule has 146 valence electrons. The minimum Gasteiger partial charge on any atom is -0.489 e. The number of hydrogen-bond donors (Lipinski definition) is 0. The van der Waals surface area contributed by atoms with Crippen LogP contribution in [0.15, 0.2) is 12.3 Å². The molecule has 0 N–H and O–H groups in total. The van der Waals surface area contributed by atoms with Crippen LogP contribution in [0, 0.1) is 0 Å². The van der Waals surface area contributed by atoms with Gasteiger partial charge in [0.25, 0.3) is 0 Å². The molecular weight excluding hydrogens is 334 g/mol. The lowest BCUT2D eigenvalue weighted by Gasteiger charge is -2.40. The molecule has 1 saturated heterocycles. The van der Waals surface area contributed by atoms with E-state index in [1.54, 1.807) is 13.3 Å². The van der Waals surface area contributed by atoms with Crippen molar-refractivity contribution in [1.29, 1.82) is 0 Å². The molecule has 1 aliphatic heterocycles. The quantitative estimate of drug-likeness (QED) is 0.623. The number of piperidine rings is 1. The van der Waals surface area contributed by atoms with Gasteiger partial charge in [-0.3, -0.25) is 0 Å². The summed E-state index contributed by atoms with van der Waals surface area (Å²) in [5, 5.41) is 8.31. The van der Waals surface area contributed by atoms with Crippen molar-refractivity contribution in [2.45, 2.75) is 63.9 Å². The molecule has 0 unspecified atom stereocenters. The molecule has 1 aromatic rings. The third-order valence-corrected chi connectivity index (χ3v) is 4.84. The van der Waals surface area contributed by atoms with Gasteiger partial charge in [0.2, 0.25) is 0 Å². The van der Waals surface area contributed by atoms with Gasteiger partial charge in [-0.1, -0.05) is 0 Å². The summed E-state index contributed by atoms with van der Waals surface area (Å²) in [4.78, 5) is 2.25. The van der Waals surface area contributed by atoms with Crippen LogP contribution >= 0.6 is 0 Å². The summed E-state index contributed by atoms with van der Waals surface area (Å²) in [6, 6.07) is 1.95. The number of hydrogen-bond acceptors (Lipinski definition) is 7. The molecule has 2 fully saturated rings. The molecule has 0 radical (unpaired) electrons. The van der Waals surface area contributed by atoms with E-state index in [0.717, 1.165) is 50.3 Å². The van der Waals surface area contributed by atoms with Crippen LogP contribution < -0.4 is 9.64 Å². The van der Waals surface area contributed by atoms with E-state index >= 15 is 0 Å². The van der Waals surface area contributed by atoms with Crippen molar-refractivity contribution in [3.8, 4) is 5.75 Å². The molecule has 7 nitrogen and oxygen atoms in total. The summed E-state index contributed by atoms with van der Waals surface area (Å²) >= 11 is 0. The molecule has 0 atom stereocenters. The molecule has 0 amide bonds. The zero-order valence-corrected chi connectivity index (χ0v) is 16.1. The second kappa shape index (κ2) is 9.48. The molecule has 1 aliphatic carbocycles. The second-order valence-corrected chi connectivity index (χ2v) is 7.31. The van der Waals surface area contributed by atoms with Gasteiger partial charge in [0.1, 0.15) is 12.4 Å². The zero-order valence-electron chi connectivity index (χ0n) is 16.1. The van der Waals surface area contributed by atoms with Crippen molar-refractivity contribution < 1.29 is 18.9 Å². The van der Waals surface area contributed by atoms with Crippen molar-refractivity contribution in [2.75, 3.05) is 38.3 Å². The van der Waals surface area contributed by atoms with Crippen molar-refractivity contribution in [3.05, 3.63) is 12.3 Å². The van der Waals surface area contributed by atoms with Gasteiger partial charge in [0, 0.05) is 26.3 Å². The van der Waals surface area contributed by atoms with Crippen LogP contribution in [-0.2, 0) is 14.2 Å². The molecule has 1 aromatic heterocycles. The lowest BCUT2D eigenvalue weighted by molar-refractivity contribution is -0.141. The van der Waals surface area contributed by atoms with E-state index in [0.29, 0.717) is 37.6 Å². The van der Waals surface area contributed by atoms with E-state index < -0.39 is 0 Å². The summed E-state index contributed by atoms with van der Waals surface area (Å²) in [6.45, 7) is 7.11. The fourth-order valence-electron chi connectivity index (χ4n) is 3.43. The predicted octanol–water partition coefficient (Wildman–Crippen LogP) is 2.44. The molecule has 2 aliphatic rings. The largest absolute Gasteiger partial charge is 0.489 e. The maximum absolute atomic E-state index is 6.23. The van der Waals surface area contributed by atoms with Crippen molar-refractivity contribution in [2.24, 2.45) is 0 Å². The minimum atomic E-state index is 0.305. The van der Waals surface area contributed by atoms with Crippen LogP contribution in [0.3, 0.4) is 0 Å². The highest BCUT2D eigenvalue weighted by Gasteiger charge is 2.34. The SMILES string of the molecule is COCCOc1cnnc(N2CCC(OC3CC(OC(C)C)C3)CC2)c1.